The molecule has 0 unspecified atom stereocenters. The Balaban J connectivity index is 2.76. The summed E-state index contributed by atoms with van der Waals surface area (Å²) in [6, 6.07) is 0. The Hall–Kier alpha value is -0.330. The quantitative estimate of drug-likeness (QED) is 0.550. The van der Waals surface area contributed by atoms with Crippen LogP contribution in [0.2, 0.25) is 0 Å². The number of aromatic nitrogens is 1. The van der Waals surface area contributed by atoms with E-state index in [-0.39, 0.29) is 5.97 Å². The average Bonchev–Trinajstić information content (AvgIpc) is 2.36. The molecule has 0 saturated heterocycles. The lowest BCUT2D eigenvalue weighted by Gasteiger charge is -1.93. The van der Waals surface area contributed by atoms with Crippen LogP contribution in [-0.2, 0) is 4.74 Å². The maximum atomic E-state index is 10.9. The summed E-state index contributed by atoms with van der Waals surface area (Å²) in [6.07, 6.45) is 0. The normalized spacial score (nSPS) is 9.55. The zero-order valence-corrected chi connectivity index (χ0v) is 8.15. The van der Waals surface area contributed by atoms with Crippen molar-refractivity contribution in [2.75, 3.05) is 6.61 Å². The van der Waals surface area contributed by atoms with Crippen molar-refractivity contribution in [2.45, 2.75) is 6.92 Å². The summed E-state index contributed by atoms with van der Waals surface area (Å²) in [5, 5.41) is 0.349. The molecule has 60 valence electrons. The smallest absolute Gasteiger partial charge is 0.368 e. The Morgan fingerprint density at radius 3 is 3.00 bits per heavy atom. The Kier molecular flexibility index (Phi) is 3.10. The minimum absolute atomic E-state index is 0.349. The predicted octanol–water partition coefficient (Wildman–Crippen LogP) is 2.11. The average molecular weight is 207 g/mol. The van der Waals surface area contributed by atoms with Gasteiger partial charge in [-0.05, 0) is 18.5 Å². The van der Waals surface area contributed by atoms with Crippen LogP contribution < -0.4 is 0 Å². The number of nitrogens with zero attached hydrogens (tertiary/aromatic N) is 1. The molecule has 0 aliphatic carbocycles. The van der Waals surface area contributed by atoms with E-state index < -0.39 is 0 Å². The van der Waals surface area contributed by atoms with Crippen LogP contribution in [0.3, 0.4) is 0 Å². The van der Waals surface area contributed by atoms with E-state index in [9.17, 15) is 4.79 Å². The highest BCUT2D eigenvalue weighted by molar-refractivity contribution is 7.76. The molecule has 0 saturated carbocycles. The molecule has 1 aromatic rings. The van der Waals surface area contributed by atoms with Gasteiger partial charge < -0.3 is 4.74 Å². The molecular formula is C5H5NO2S3. The van der Waals surface area contributed by atoms with Gasteiger partial charge in [0.15, 0.2) is 3.14 Å². The van der Waals surface area contributed by atoms with Crippen LogP contribution in [0.1, 0.15) is 16.7 Å². The van der Waals surface area contributed by atoms with Crippen LogP contribution in [0.5, 0.6) is 0 Å². The predicted molar refractivity (Wildman–Crippen MR) is 46.8 cm³/mol. The molecule has 11 heavy (non-hydrogen) atoms. The van der Waals surface area contributed by atoms with E-state index in [0.717, 1.165) is 11.5 Å². The molecule has 1 aromatic heterocycles. The van der Waals surface area contributed by atoms with E-state index in [1.165, 1.54) is 11.3 Å². The topological polar surface area (TPSA) is 39.2 Å². The minimum Gasteiger partial charge on any atom is -0.461 e. The fraction of sp³-hybridized carbons (Fsp3) is 0.400. The van der Waals surface area contributed by atoms with E-state index in [0.29, 0.717) is 14.8 Å². The molecule has 0 N–H and O–H groups in total. The van der Waals surface area contributed by atoms with Gasteiger partial charge in [0.05, 0.1) is 6.61 Å². The fourth-order valence-corrected chi connectivity index (χ4v) is 2.11. The monoisotopic (exact) mass is 207 g/mol. The Morgan fingerprint density at radius 1 is 1.82 bits per heavy atom. The minimum atomic E-state index is -0.384. The lowest BCUT2D eigenvalue weighted by Crippen LogP contribution is -2.02. The van der Waals surface area contributed by atoms with Crippen molar-refractivity contribution >= 4 is 41.1 Å². The maximum absolute atomic E-state index is 10.9. The molecule has 0 aliphatic heterocycles. The number of hydrogen-bond donors (Lipinski definition) is 0. The molecule has 0 aromatic carbocycles. The summed E-state index contributed by atoms with van der Waals surface area (Å²) in [5.74, 6) is -0.384. The van der Waals surface area contributed by atoms with Crippen molar-refractivity contribution in [1.29, 1.82) is 0 Å². The van der Waals surface area contributed by atoms with Crippen molar-refractivity contribution in [3.63, 3.8) is 0 Å². The third-order valence-corrected chi connectivity index (χ3v) is 2.94. The first-order valence-electron chi connectivity index (χ1n) is 2.88. The lowest BCUT2D eigenvalue weighted by molar-refractivity contribution is 0.0526. The molecule has 0 radical (unpaired) electrons. The summed E-state index contributed by atoms with van der Waals surface area (Å²) < 4.78 is 9.17. The molecule has 0 atom stereocenters. The van der Waals surface area contributed by atoms with Crippen molar-refractivity contribution in [3.8, 4) is 0 Å². The number of ether oxygens (including phenoxy) is 1. The summed E-state index contributed by atoms with van der Waals surface area (Å²) in [7, 11) is 0. The van der Waals surface area contributed by atoms with Crippen LogP contribution in [0.25, 0.3) is 0 Å². The molecule has 0 fully saturated rings. The highest BCUT2D eigenvalue weighted by Gasteiger charge is 2.09. The van der Waals surface area contributed by atoms with Gasteiger partial charge in [0.2, 0.25) is 5.01 Å². The Labute approximate surface area is 76.8 Å². The molecule has 1 heterocycles. The number of carbonyl (C=O) groups excluding carboxylic acids is 1. The van der Waals surface area contributed by atoms with Crippen LogP contribution in [0.15, 0.2) is 0 Å². The lowest BCUT2D eigenvalue weighted by atomic mass is 10.7. The van der Waals surface area contributed by atoms with Gasteiger partial charge in [-0.15, -0.1) is 0 Å². The van der Waals surface area contributed by atoms with Gasteiger partial charge in [-0.3, -0.25) is 0 Å². The molecule has 0 bridgehead atoms. The highest BCUT2D eigenvalue weighted by atomic mass is 32.2. The standard InChI is InChI=1S/C5H5NO2S3/c1-2-8-4(7)3-6-11-5(9)10-3/h2H2,1H3. The summed E-state index contributed by atoms with van der Waals surface area (Å²) >= 11 is 7.13. The third kappa shape index (κ3) is 2.32. The van der Waals surface area contributed by atoms with E-state index in [1.54, 1.807) is 6.92 Å². The first kappa shape index (κ1) is 8.76. The zero-order chi connectivity index (χ0) is 8.27. The van der Waals surface area contributed by atoms with Gasteiger partial charge in [-0.2, -0.15) is 4.37 Å². The summed E-state index contributed by atoms with van der Waals surface area (Å²) in [6.45, 7) is 2.12. The van der Waals surface area contributed by atoms with Gasteiger partial charge in [-0.25, -0.2) is 4.79 Å². The molecule has 0 aliphatic rings. The number of rotatable bonds is 2. The van der Waals surface area contributed by atoms with Crippen molar-refractivity contribution in [3.05, 3.63) is 8.15 Å². The molecule has 3 nitrogen and oxygen atoms in total. The highest BCUT2D eigenvalue weighted by Crippen LogP contribution is 2.13. The molecule has 0 amide bonds. The zero-order valence-electron chi connectivity index (χ0n) is 5.70. The number of carbonyl (C=O) groups is 1. The molecule has 6 heteroatoms. The number of hydrogen-bond acceptors (Lipinski definition) is 6. The largest absolute Gasteiger partial charge is 0.461 e. The van der Waals surface area contributed by atoms with Crippen molar-refractivity contribution in [2.24, 2.45) is 0 Å². The van der Waals surface area contributed by atoms with E-state index in [1.807, 2.05) is 0 Å². The van der Waals surface area contributed by atoms with Gasteiger partial charge in [-0.1, -0.05) is 23.6 Å². The number of esters is 1. The van der Waals surface area contributed by atoms with E-state index in [4.69, 9.17) is 17.0 Å². The van der Waals surface area contributed by atoms with E-state index in [2.05, 4.69) is 4.37 Å². The van der Waals surface area contributed by atoms with Crippen LogP contribution in [-0.4, -0.2) is 16.9 Å². The second-order valence-electron chi connectivity index (χ2n) is 1.56. The molecular weight excluding hydrogens is 202 g/mol. The first-order valence-corrected chi connectivity index (χ1v) is 4.87. The van der Waals surface area contributed by atoms with Crippen LogP contribution in [0, 0.1) is 3.14 Å². The fourth-order valence-electron chi connectivity index (χ4n) is 0.467. The van der Waals surface area contributed by atoms with Crippen molar-refractivity contribution in [1.82, 2.24) is 4.37 Å². The molecule has 0 spiro atoms. The second kappa shape index (κ2) is 3.89. The Morgan fingerprint density at radius 2 is 2.55 bits per heavy atom. The Bertz CT molecular complexity index is 303. The van der Waals surface area contributed by atoms with E-state index >= 15 is 0 Å². The van der Waals surface area contributed by atoms with Gasteiger partial charge >= 0.3 is 5.97 Å². The van der Waals surface area contributed by atoms with Gasteiger partial charge in [0, 0.05) is 0 Å². The maximum Gasteiger partial charge on any atom is 0.368 e. The first-order chi connectivity index (χ1) is 5.24. The second-order valence-corrected chi connectivity index (χ2v) is 4.52. The van der Waals surface area contributed by atoms with Crippen LogP contribution >= 0.6 is 35.1 Å². The third-order valence-electron chi connectivity index (χ3n) is 0.833. The van der Waals surface area contributed by atoms with Crippen molar-refractivity contribution < 1.29 is 9.53 Å². The van der Waals surface area contributed by atoms with Gasteiger partial charge in [0.1, 0.15) is 0 Å². The summed E-state index contributed by atoms with van der Waals surface area (Å²) in [4.78, 5) is 10.9. The summed E-state index contributed by atoms with van der Waals surface area (Å²) in [5.41, 5.74) is 0. The SMILES string of the molecule is CCOC(=O)c1nsc(=S)s1. The van der Waals surface area contributed by atoms with Crippen LogP contribution in [0.4, 0.5) is 0 Å². The van der Waals surface area contributed by atoms with Gasteiger partial charge in [0.25, 0.3) is 0 Å². The molecule has 1 rings (SSSR count).